The standard InChI is InChI=1S/C15H18Cl2N2O3.C12H9F2N5O2S.C3H8NO5P.C3H9S/c1-8(2)21-12-7-11(9(16)6-10(12)17)19-14(20)22-13(18-19)15(3,4)5;1-7-5-6-19-11(15-7)16-12(17-19)22(20,21)18-10-8(13)3-2-4-9(10)14;5-3(6)1-4-2-10(7,8)9;1-4(2)3/h6-8H,1-5H3;2-6,18H,1H3;4H,1-2H2,(H,5,6)(H2,7,8,9);1-3H3/q;;;+1/p-1. The summed E-state index contributed by atoms with van der Waals surface area (Å²) in [6.07, 6.45) is 7.29. The van der Waals surface area contributed by atoms with Gasteiger partial charge in [0.15, 0.2) is 0 Å². The molecule has 0 bridgehead atoms. The number of rotatable bonds is 10. The minimum atomic E-state index is -4.35. The number of fused-ring (bicyclic) bond motifs is 1. The molecule has 3 aromatic heterocycles. The second-order valence-electron chi connectivity index (χ2n) is 13.5. The van der Waals surface area contributed by atoms with Crippen molar-refractivity contribution in [1.29, 1.82) is 0 Å². The maximum atomic E-state index is 13.5. The molecule has 0 radical (unpaired) electrons. The molecule has 0 aliphatic rings. The third kappa shape index (κ3) is 16.2. The Bertz CT molecular complexity index is 2380. The van der Waals surface area contributed by atoms with Crippen LogP contribution in [0.4, 0.5) is 14.5 Å². The van der Waals surface area contributed by atoms with Crippen molar-refractivity contribution in [3.63, 3.8) is 0 Å². The monoisotopic (exact) mass is 914 g/mol. The molecule has 3 heterocycles. The van der Waals surface area contributed by atoms with Gasteiger partial charge in [-0.1, -0.05) is 50.0 Å². The number of ether oxygens (including phenoxy) is 1. The number of nitrogens with zero attached hydrogens (tertiary/aromatic N) is 6. The molecule has 0 aliphatic carbocycles. The minimum Gasteiger partial charge on any atom is -0.778 e. The molecule has 1 unspecified atom stereocenters. The first-order valence-electron chi connectivity index (χ1n) is 16.5. The predicted molar refractivity (Wildman–Crippen MR) is 215 cm³/mol. The summed E-state index contributed by atoms with van der Waals surface area (Å²) in [7, 11) is -8.05. The molecule has 0 fully saturated rings. The predicted octanol–water partition coefficient (Wildman–Crippen LogP) is 4.39. The summed E-state index contributed by atoms with van der Waals surface area (Å²) in [5.74, 6) is -3.03. The third-order valence-corrected chi connectivity index (χ3v) is 8.48. The largest absolute Gasteiger partial charge is 0.778 e. The van der Waals surface area contributed by atoms with E-state index in [0.717, 1.165) is 27.4 Å². The number of anilines is 1. The number of sulfonamides is 1. The number of hydrogen-bond donors (Lipinski definition) is 4. The summed E-state index contributed by atoms with van der Waals surface area (Å²) in [5, 5.41) is 17.9. The third-order valence-electron chi connectivity index (χ3n) is 6.14. The van der Waals surface area contributed by atoms with Crippen LogP contribution in [-0.2, 0) is 35.7 Å². The molecule has 0 aliphatic heterocycles. The highest BCUT2D eigenvalue weighted by atomic mass is 35.5. The molecule has 18 nitrogen and oxygen atoms in total. The van der Waals surface area contributed by atoms with Gasteiger partial charge in [0.2, 0.25) is 5.89 Å². The first-order chi connectivity index (χ1) is 26.6. The number of aliphatic carboxylic acids is 1. The lowest BCUT2D eigenvalue weighted by atomic mass is 9.97. The molecule has 5 aromatic rings. The van der Waals surface area contributed by atoms with Crippen LogP contribution in [0.5, 0.6) is 5.75 Å². The first-order valence-corrected chi connectivity index (χ1v) is 22.9. The summed E-state index contributed by atoms with van der Waals surface area (Å²) in [6.45, 7) is 10.7. The highest BCUT2D eigenvalue weighted by molar-refractivity contribution is 7.94. The Hall–Kier alpha value is -4.15. The van der Waals surface area contributed by atoms with Crippen LogP contribution in [0.15, 0.2) is 57.0 Å². The second kappa shape index (κ2) is 21.2. The van der Waals surface area contributed by atoms with Gasteiger partial charge in [-0.3, -0.25) is 14.8 Å². The highest BCUT2D eigenvalue weighted by Crippen LogP contribution is 2.33. The van der Waals surface area contributed by atoms with Gasteiger partial charge in [0.1, 0.15) is 30.7 Å². The van der Waals surface area contributed by atoms with Crippen LogP contribution in [0.25, 0.3) is 11.5 Å². The zero-order chi connectivity index (χ0) is 44.3. The number of carbonyl (C=O) groups is 1. The van der Waals surface area contributed by atoms with Crippen LogP contribution < -0.4 is 25.4 Å². The average Bonchev–Trinajstić information content (AvgIpc) is 3.68. The summed E-state index contributed by atoms with van der Waals surface area (Å²) in [4.78, 5) is 47.6. The van der Waals surface area contributed by atoms with E-state index in [2.05, 4.69) is 38.9 Å². The second-order valence-corrected chi connectivity index (χ2v) is 19.9. The molecule has 5 rings (SSSR count). The van der Waals surface area contributed by atoms with Gasteiger partial charge in [-0.15, -0.1) is 10.2 Å². The van der Waals surface area contributed by atoms with Crippen molar-refractivity contribution in [2.24, 2.45) is 0 Å². The van der Waals surface area contributed by atoms with Crippen molar-refractivity contribution in [2.75, 3.05) is 36.3 Å². The van der Waals surface area contributed by atoms with Gasteiger partial charge in [-0.25, -0.2) is 23.1 Å². The Morgan fingerprint density at radius 3 is 2.17 bits per heavy atom. The van der Waals surface area contributed by atoms with E-state index in [0.29, 0.717) is 38.9 Å². The zero-order valence-corrected chi connectivity index (χ0v) is 36.7. The molecule has 0 saturated carbocycles. The Balaban J connectivity index is 0.000000305. The molecule has 25 heteroatoms. The van der Waals surface area contributed by atoms with E-state index in [-0.39, 0.29) is 22.3 Å². The van der Waals surface area contributed by atoms with Crippen LogP contribution in [-0.4, -0.2) is 91.5 Å². The van der Waals surface area contributed by atoms with Crippen molar-refractivity contribution < 1.29 is 50.6 Å². The van der Waals surface area contributed by atoms with Gasteiger partial charge >= 0.3 is 11.7 Å². The van der Waals surface area contributed by atoms with E-state index in [1.165, 1.54) is 12.3 Å². The van der Waals surface area contributed by atoms with Gasteiger partial charge in [-0.2, -0.15) is 18.1 Å². The van der Waals surface area contributed by atoms with Crippen molar-refractivity contribution >= 4 is 69.2 Å². The summed E-state index contributed by atoms with van der Waals surface area (Å²) < 4.78 is 76.2. The van der Waals surface area contributed by atoms with Gasteiger partial charge in [0.05, 0.1) is 53.4 Å². The normalized spacial score (nSPS) is 12.4. The number of para-hydroxylation sites is 1. The van der Waals surface area contributed by atoms with Crippen LogP contribution in [0.3, 0.4) is 0 Å². The minimum absolute atomic E-state index is 0.0642. The SMILES string of the molecule is CC(C)Oc1cc(-n2nc(C(C)(C)C)oc2=O)c(Cl)cc1Cl.C[S+](C)C.Cc1ccn2nc(S(=O)(=O)Nc3c(F)cccc3F)nc2n1.O=C(O)CNCP(=O)([O-])O. The van der Waals surface area contributed by atoms with Gasteiger partial charge in [-0.05, 0) is 55.9 Å². The van der Waals surface area contributed by atoms with Crippen molar-refractivity contribution in [3.05, 3.63) is 86.4 Å². The van der Waals surface area contributed by atoms with Crippen molar-refractivity contribution in [2.45, 2.75) is 58.2 Å². The first kappa shape index (κ1) is 50.0. The Morgan fingerprint density at radius 2 is 1.67 bits per heavy atom. The lowest BCUT2D eigenvalue weighted by Gasteiger charge is -2.14. The van der Waals surface area contributed by atoms with Crippen LogP contribution in [0.2, 0.25) is 10.0 Å². The number of nitrogens with one attached hydrogen (secondary N) is 2. The number of aryl methyl sites for hydroxylation is 1. The molecule has 0 saturated heterocycles. The summed E-state index contributed by atoms with van der Waals surface area (Å²) >= 11 is 12.3. The lowest BCUT2D eigenvalue weighted by molar-refractivity contribution is -0.193. The van der Waals surface area contributed by atoms with E-state index in [9.17, 15) is 36.2 Å². The molecule has 4 N–H and O–H groups in total. The molecule has 0 spiro atoms. The fourth-order valence-electron chi connectivity index (χ4n) is 3.80. The Labute approximate surface area is 345 Å². The number of aromatic nitrogens is 6. The quantitative estimate of drug-likeness (QED) is 0.112. The van der Waals surface area contributed by atoms with Gasteiger partial charge in [0.25, 0.3) is 21.0 Å². The zero-order valence-electron chi connectivity index (χ0n) is 32.7. The van der Waals surface area contributed by atoms with E-state index in [1.54, 1.807) is 23.8 Å². The van der Waals surface area contributed by atoms with Crippen LogP contribution in [0.1, 0.15) is 46.2 Å². The van der Waals surface area contributed by atoms with E-state index >= 15 is 0 Å². The number of carboxylic acid groups (broad SMARTS) is 1. The summed E-state index contributed by atoms with van der Waals surface area (Å²) in [5.41, 5.74) is -0.186. The number of hydrogen-bond acceptors (Lipinski definition) is 13. The average molecular weight is 916 g/mol. The lowest BCUT2D eigenvalue weighted by Crippen LogP contribution is -2.25. The van der Waals surface area contributed by atoms with E-state index in [1.807, 2.05) is 39.9 Å². The van der Waals surface area contributed by atoms with E-state index < -0.39 is 64.7 Å². The topological polar surface area (TPSA) is 256 Å². The molecular weight excluding hydrogens is 872 g/mol. The maximum absolute atomic E-state index is 13.5. The highest BCUT2D eigenvalue weighted by Gasteiger charge is 2.25. The molecule has 58 heavy (non-hydrogen) atoms. The van der Waals surface area contributed by atoms with Gasteiger partial charge in [0, 0.05) is 23.4 Å². The van der Waals surface area contributed by atoms with Crippen LogP contribution >= 0.6 is 30.8 Å². The summed E-state index contributed by atoms with van der Waals surface area (Å²) in [6, 6.07) is 7.71. The number of halogens is 4. The molecule has 1 atom stereocenters. The van der Waals surface area contributed by atoms with Crippen molar-refractivity contribution in [3.8, 4) is 11.4 Å². The fraction of sp³-hybridized carbons (Fsp3) is 0.394. The maximum Gasteiger partial charge on any atom is 0.442 e. The smallest absolute Gasteiger partial charge is 0.442 e. The molecule has 0 amide bonds. The van der Waals surface area contributed by atoms with Crippen LogP contribution in [0, 0.1) is 18.6 Å². The number of benzene rings is 2. The fourth-order valence-corrected chi connectivity index (χ4v) is 5.65. The molecule has 2 aromatic carbocycles. The van der Waals surface area contributed by atoms with Gasteiger partial charge < -0.3 is 28.6 Å². The Morgan fingerprint density at radius 1 is 1.09 bits per heavy atom. The molecular formula is C33H43Cl2F2N8O10PS2. The number of carboxylic acids is 1. The van der Waals surface area contributed by atoms with Crippen molar-refractivity contribution in [1.82, 2.24) is 34.7 Å². The Kier molecular flexibility index (Phi) is 18.3. The van der Waals surface area contributed by atoms with E-state index in [4.69, 9.17) is 42.4 Å². The molecule has 320 valence electrons.